The lowest BCUT2D eigenvalue weighted by atomic mass is 10.1. The van der Waals surface area contributed by atoms with E-state index in [-0.39, 0.29) is 0 Å². The van der Waals surface area contributed by atoms with Crippen molar-refractivity contribution in [2.45, 2.75) is 0 Å². The van der Waals surface area contributed by atoms with Crippen molar-refractivity contribution in [3.8, 4) is 0 Å². The summed E-state index contributed by atoms with van der Waals surface area (Å²) >= 11 is 0. The van der Waals surface area contributed by atoms with E-state index in [1.807, 2.05) is 10.6 Å². The molecule has 0 aromatic rings. The Hall–Kier alpha value is -1.72. The van der Waals surface area contributed by atoms with Crippen molar-refractivity contribution >= 4 is 24.1 Å². The van der Waals surface area contributed by atoms with Crippen LogP contribution in [0.4, 0.5) is 4.79 Å². The average molecular weight is 169 g/mol. The van der Waals surface area contributed by atoms with Crippen molar-refractivity contribution in [1.29, 1.82) is 0 Å². The van der Waals surface area contributed by atoms with Gasteiger partial charge in [0, 0.05) is 13.3 Å². The van der Waals surface area contributed by atoms with E-state index < -0.39 is 23.8 Å². The number of urea groups is 1. The minimum Gasteiger partial charge on any atom is -0.299 e. The van der Waals surface area contributed by atoms with E-state index in [0.717, 1.165) is 0 Å². The molecule has 1 saturated heterocycles. The Morgan fingerprint density at radius 3 is 2.17 bits per heavy atom. The van der Waals surface area contributed by atoms with Gasteiger partial charge in [-0.2, -0.15) is 0 Å². The van der Waals surface area contributed by atoms with Crippen molar-refractivity contribution in [2.75, 3.05) is 7.05 Å². The van der Waals surface area contributed by atoms with Gasteiger partial charge in [-0.15, -0.1) is 0 Å². The molecular formula is C6H7N3O3. The van der Waals surface area contributed by atoms with Crippen LogP contribution in [0, 0.1) is 5.92 Å². The molecule has 0 radical (unpaired) electrons. The van der Waals surface area contributed by atoms with Gasteiger partial charge in [-0.05, 0) is 0 Å². The van der Waals surface area contributed by atoms with Crippen molar-refractivity contribution < 1.29 is 14.4 Å². The third kappa shape index (κ3) is 1.47. The molecule has 1 aliphatic rings. The molecule has 0 aromatic carbocycles. The highest BCUT2D eigenvalue weighted by atomic mass is 16.2. The largest absolute Gasteiger partial charge is 0.328 e. The standard InChI is InChI=1S/C6H7N3O3/c1-7-2-3-4(10)8-6(12)9-5(3)11/h2-3H,1H3,(H2,8,9,10,11,12). The summed E-state index contributed by atoms with van der Waals surface area (Å²) < 4.78 is 0. The molecule has 0 aromatic heterocycles. The van der Waals surface area contributed by atoms with Crippen LogP contribution in [-0.2, 0) is 9.59 Å². The molecule has 1 fully saturated rings. The van der Waals surface area contributed by atoms with Crippen molar-refractivity contribution in [3.05, 3.63) is 0 Å². The number of rotatable bonds is 1. The molecule has 4 amide bonds. The number of nitrogens with one attached hydrogen (secondary N) is 2. The number of carbonyl (C=O) groups is 3. The van der Waals surface area contributed by atoms with Gasteiger partial charge >= 0.3 is 6.03 Å². The number of barbiturate groups is 1. The fourth-order valence-electron chi connectivity index (χ4n) is 0.814. The molecular weight excluding hydrogens is 162 g/mol. The number of carbonyl (C=O) groups excluding carboxylic acids is 3. The third-order valence-corrected chi connectivity index (χ3v) is 1.34. The van der Waals surface area contributed by atoms with E-state index in [1.54, 1.807) is 0 Å². The van der Waals surface area contributed by atoms with Gasteiger partial charge in [-0.25, -0.2) is 4.79 Å². The number of nitrogens with zero attached hydrogens (tertiary/aromatic N) is 1. The summed E-state index contributed by atoms with van der Waals surface area (Å²) in [7, 11) is 1.44. The summed E-state index contributed by atoms with van der Waals surface area (Å²) in [6.07, 6.45) is 1.18. The zero-order chi connectivity index (χ0) is 9.14. The quantitative estimate of drug-likeness (QED) is 0.376. The van der Waals surface area contributed by atoms with Crippen molar-refractivity contribution in [2.24, 2.45) is 10.9 Å². The molecule has 12 heavy (non-hydrogen) atoms. The Bertz CT molecular complexity index is 251. The van der Waals surface area contributed by atoms with E-state index >= 15 is 0 Å². The molecule has 0 atom stereocenters. The smallest absolute Gasteiger partial charge is 0.299 e. The second kappa shape index (κ2) is 3.12. The Balaban J connectivity index is 2.80. The molecule has 2 N–H and O–H groups in total. The van der Waals surface area contributed by atoms with Gasteiger partial charge in [0.1, 0.15) is 0 Å². The van der Waals surface area contributed by atoms with Gasteiger partial charge in [0.05, 0.1) is 0 Å². The molecule has 1 rings (SSSR count). The number of amides is 4. The Morgan fingerprint density at radius 1 is 1.25 bits per heavy atom. The van der Waals surface area contributed by atoms with Gasteiger partial charge in [0.2, 0.25) is 11.8 Å². The number of hydrogen-bond acceptors (Lipinski definition) is 4. The number of imide groups is 2. The lowest BCUT2D eigenvalue weighted by Gasteiger charge is -2.16. The summed E-state index contributed by atoms with van der Waals surface area (Å²) in [4.78, 5) is 35.9. The van der Waals surface area contributed by atoms with Crippen LogP contribution in [0.3, 0.4) is 0 Å². The van der Waals surface area contributed by atoms with Gasteiger partial charge < -0.3 is 0 Å². The van der Waals surface area contributed by atoms with E-state index in [0.29, 0.717) is 0 Å². The van der Waals surface area contributed by atoms with Gasteiger partial charge in [-0.1, -0.05) is 0 Å². The second-order valence-electron chi connectivity index (χ2n) is 2.19. The van der Waals surface area contributed by atoms with Crippen molar-refractivity contribution in [3.63, 3.8) is 0 Å². The van der Waals surface area contributed by atoms with Crippen LogP contribution in [0.15, 0.2) is 4.99 Å². The lowest BCUT2D eigenvalue weighted by molar-refractivity contribution is -0.132. The molecule has 6 heteroatoms. The Morgan fingerprint density at radius 2 is 1.75 bits per heavy atom. The predicted octanol–water partition coefficient (Wildman–Crippen LogP) is -1.33. The molecule has 1 aliphatic heterocycles. The topological polar surface area (TPSA) is 87.6 Å². The van der Waals surface area contributed by atoms with Crippen LogP contribution >= 0.6 is 0 Å². The highest BCUT2D eigenvalue weighted by molar-refractivity contribution is 6.23. The fraction of sp³-hybridized carbons (Fsp3) is 0.333. The lowest BCUT2D eigenvalue weighted by Crippen LogP contribution is -2.56. The molecule has 0 aliphatic carbocycles. The second-order valence-corrected chi connectivity index (χ2v) is 2.19. The highest BCUT2D eigenvalue weighted by Gasteiger charge is 2.32. The Kier molecular flexibility index (Phi) is 2.18. The first-order valence-electron chi connectivity index (χ1n) is 3.23. The zero-order valence-corrected chi connectivity index (χ0v) is 6.33. The number of hydrogen-bond donors (Lipinski definition) is 2. The molecule has 64 valence electrons. The average Bonchev–Trinajstić information content (AvgIpc) is 1.96. The normalized spacial score (nSPS) is 19.6. The van der Waals surface area contributed by atoms with Crippen LogP contribution in [0.5, 0.6) is 0 Å². The fourth-order valence-corrected chi connectivity index (χ4v) is 0.814. The van der Waals surface area contributed by atoms with Crippen LogP contribution < -0.4 is 10.6 Å². The third-order valence-electron chi connectivity index (χ3n) is 1.34. The first-order valence-corrected chi connectivity index (χ1v) is 3.23. The molecule has 0 spiro atoms. The monoisotopic (exact) mass is 169 g/mol. The maximum Gasteiger partial charge on any atom is 0.328 e. The highest BCUT2D eigenvalue weighted by Crippen LogP contribution is 1.97. The molecule has 0 bridgehead atoms. The molecule has 0 unspecified atom stereocenters. The molecule has 0 saturated carbocycles. The number of aliphatic imine (C=N–C) groups is 1. The van der Waals surface area contributed by atoms with Crippen LogP contribution in [0.2, 0.25) is 0 Å². The van der Waals surface area contributed by atoms with E-state index in [4.69, 9.17) is 0 Å². The van der Waals surface area contributed by atoms with Gasteiger partial charge in [0.15, 0.2) is 5.92 Å². The van der Waals surface area contributed by atoms with Crippen LogP contribution in [0.25, 0.3) is 0 Å². The zero-order valence-electron chi connectivity index (χ0n) is 6.33. The summed E-state index contributed by atoms with van der Waals surface area (Å²) in [5.41, 5.74) is 0. The SMILES string of the molecule is CN=CC1C(=O)NC(=O)NC1=O. The summed E-state index contributed by atoms with van der Waals surface area (Å²) in [5, 5.41) is 3.89. The maximum absolute atomic E-state index is 10.9. The van der Waals surface area contributed by atoms with E-state index in [9.17, 15) is 14.4 Å². The predicted molar refractivity (Wildman–Crippen MR) is 39.6 cm³/mol. The summed E-state index contributed by atoms with van der Waals surface area (Å²) in [6.45, 7) is 0. The maximum atomic E-state index is 10.9. The summed E-state index contributed by atoms with van der Waals surface area (Å²) in [6, 6.07) is -0.786. The summed E-state index contributed by atoms with van der Waals surface area (Å²) in [5.74, 6) is -2.28. The molecule has 1 heterocycles. The van der Waals surface area contributed by atoms with E-state index in [1.165, 1.54) is 13.3 Å². The first-order chi connectivity index (χ1) is 5.65. The van der Waals surface area contributed by atoms with E-state index in [2.05, 4.69) is 4.99 Å². The van der Waals surface area contributed by atoms with Crippen LogP contribution in [-0.4, -0.2) is 31.1 Å². The van der Waals surface area contributed by atoms with Gasteiger partial charge in [0.25, 0.3) is 0 Å². The van der Waals surface area contributed by atoms with Crippen molar-refractivity contribution in [1.82, 2.24) is 10.6 Å². The molecule has 6 nitrogen and oxygen atoms in total. The minimum atomic E-state index is -0.993. The minimum absolute atomic E-state index is 0.644. The van der Waals surface area contributed by atoms with Gasteiger partial charge in [-0.3, -0.25) is 25.2 Å². The Labute approximate surface area is 68.0 Å². The van der Waals surface area contributed by atoms with Crippen LogP contribution in [0.1, 0.15) is 0 Å². The first kappa shape index (κ1) is 8.38.